The first kappa shape index (κ1) is 16.0. The van der Waals surface area contributed by atoms with Gasteiger partial charge in [0.25, 0.3) is 0 Å². The maximum Gasteiger partial charge on any atom is 2.00 e. The Balaban J connectivity index is -0.0000000800. The maximum atomic E-state index is 9.50. The fraction of sp³-hybridized carbons (Fsp3) is 0.500. The third-order valence-electron chi connectivity index (χ3n) is 0.203. The van der Waals surface area contributed by atoms with Crippen molar-refractivity contribution in [2.75, 3.05) is 6.61 Å². The summed E-state index contributed by atoms with van der Waals surface area (Å²) in [6, 6.07) is 0. The van der Waals surface area contributed by atoms with E-state index in [-0.39, 0.29) is 23.1 Å². The minimum Gasteiger partial charge on any atom is -0.653 e. The van der Waals surface area contributed by atoms with Crippen LogP contribution in [0.5, 0.6) is 0 Å². The van der Waals surface area contributed by atoms with Crippen LogP contribution in [0.3, 0.4) is 0 Å². The van der Waals surface area contributed by atoms with Crippen LogP contribution in [0.25, 0.3) is 0 Å². The van der Waals surface area contributed by atoms with Gasteiger partial charge in [-0.25, -0.2) is 0 Å². The van der Waals surface area contributed by atoms with E-state index in [4.69, 9.17) is 4.79 Å². The summed E-state index contributed by atoms with van der Waals surface area (Å²) >= 11 is 0. The van der Waals surface area contributed by atoms with Crippen molar-refractivity contribution in [3.05, 3.63) is 6.93 Å². The number of carbonyl (C=O) groups excluding carboxylic acids is 1. The van der Waals surface area contributed by atoms with E-state index in [0.29, 0.717) is 6.61 Å². The zero-order valence-electron chi connectivity index (χ0n) is 5.06. The van der Waals surface area contributed by atoms with Gasteiger partial charge in [0.05, 0.1) is 0 Å². The van der Waals surface area contributed by atoms with Crippen molar-refractivity contribution in [2.24, 2.45) is 0 Å². The Morgan fingerprint density at radius 2 is 2.00 bits per heavy atom. The van der Waals surface area contributed by atoms with Gasteiger partial charge in [0.15, 0.2) is 0 Å². The van der Waals surface area contributed by atoms with Gasteiger partial charge >= 0.3 is 23.1 Å². The van der Waals surface area contributed by atoms with E-state index >= 15 is 0 Å². The molecule has 0 N–H and O–H groups in total. The zero-order chi connectivity index (χ0) is 6.83. The molecule has 0 aliphatic rings. The van der Waals surface area contributed by atoms with E-state index in [1.54, 1.807) is 6.92 Å². The van der Waals surface area contributed by atoms with Gasteiger partial charge in [-0.1, -0.05) is 6.47 Å². The summed E-state index contributed by atoms with van der Waals surface area (Å²) in [6.45, 7) is 2.41. The maximum absolute atomic E-state index is 9.50. The summed E-state index contributed by atoms with van der Waals surface area (Å²) < 4.78 is 23.0. The summed E-state index contributed by atoms with van der Waals surface area (Å²) in [7, 11) is 0. The molecular weight excluding hydrogens is 142 g/mol. The van der Waals surface area contributed by atoms with E-state index < -0.39 is 6.93 Å². The van der Waals surface area contributed by atoms with Gasteiger partial charge in [-0.2, -0.15) is 0 Å². The van der Waals surface area contributed by atoms with Crippen molar-refractivity contribution in [1.29, 1.82) is 0 Å². The fourth-order valence-electron chi connectivity index (χ4n) is 0.0589. The van der Waals surface area contributed by atoms with Crippen LogP contribution in [0, 0.1) is 6.93 Å². The van der Waals surface area contributed by atoms with Crippen molar-refractivity contribution in [1.82, 2.24) is 0 Å². The van der Waals surface area contributed by atoms with E-state index in [0.717, 1.165) is 0 Å². The molecule has 0 fully saturated rings. The third-order valence-corrected chi connectivity index (χ3v) is 0.203. The zero-order valence-corrected chi connectivity index (χ0v) is 6.48. The second-order valence-corrected chi connectivity index (χ2v) is 0.599. The molecule has 0 aromatic heterocycles. The van der Waals surface area contributed by atoms with Gasteiger partial charge in [0, 0.05) is 6.61 Å². The van der Waals surface area contributed by atoms with Crippen LogP contribution < -0.4 is 0 Å². The Morgan fingerprint density at radius 3 is 2.00 bits per heavy atom. The number of hydrogen-bond acceptors (Lipinski definition) is 2. The molecule has 2 nitrogen and oxygen atoms in total. The summed E-state index contributed by atoms with van der Waals surface area (Å²) in [6.07, 6.45) is 0. The van der Waals surface area contributed by atoms with Gasteiger partial charge in [-0.05, 0) is 13.9 Å². The number of rotatable bonds is 2. The quantitative estimate of drug-likeness (QED) is 0.427. The molecular formula is C4H6F2MgO2. The first-order chi connectivity index (χ1) is 3.83. The van der Waals surface area contributed by atoms with Crippen LogP contribution in [-0.4, -0.2) is 36.1 Å². The Morgan fingerprint density at radius 1 is 1.67 bits per heavy atom. The number of hydrogen-bond donors (Lipinski definition) is 0. The monoisotopic (exact) mass is 148 g/mol. The second-order valence-electron chi connectivity index (χ2n) is 0.599. The summed E-state index contributed by atoms with van der Waals surface area (Å²) in [4.78, 5) is 9.06. The van der Waals surface area contributed by atoms with E-state index in [2.05, 4.69) is 4.74 Å². The van der Waals surface area contributed by atoms with Crippen LogP contribution in [0.2, 0.25) is 0 Å². The average molecular weight is 148 g/mol. The number of ether oxygens (including phenoxy) is 1. The molecule has 0 aromatic rings. The molecule has 0 aromatic carbocycles. The van der Waals surface area contributed by atoms with Gasteiger partial charge in [0.2, 0.25) is 0 Å². The minimum atomic E-state index is -1.00. The van der Waals surface area contributed by atoms with Crippen LogP contribution in [0.15, 0.2) is 0 Å². The van der Waals surface area contributed by atoms with Gasteiger partial charge < -0.3 is 18.3 Å². The first-order valence-corrected chi connectivity index (χ1v) is 1.84. The summed E-state index contributed by atoms with van der Waals surface area (Å²) in [5, 5.41) is 0. The third kappa shape index (κ3) is 68.5. The Labute approximate surface area is 68.7 Å². The van der Waals surface area contributed by atoms with Gasteiger partial charge in [0.1, 0.15) is 0 Å². The van der Waals surface area contributed by atoms with Gasteiger partial charge in [-0.15, -0.1) is 0 Å². The second kappa shape index (κ2) is 24.3. The van der Waals surface area contributed by atoms with Crippen molar-refractivity contribution in [2.45, 2.75) is 6.92 Å². The molecule has 0 aliphatic carbocycles. The molecule has 0 amide bonds. The predicted octanol–water partition coefficient (Wildman–Crippen LogP) is 0.754. The average Bonchev–Trinajstić information content (AvgIpc) is 1.71. The normalized spacial score (nSPS) is 5.67. The Kier molecular flexibility index (Phi) is 43.3. The molecule has 0 rings (SSSR count). The molecule has 0 spiro atoms. The van der Waals surface area contributed by atoms with E-state index in [9.17, 15) is 8.78 Å². The smallest absolute Gasteiger partial charge is 0.653 e. The van der Waals surface area contributed by atoms with Crippen molar-refractivity contribution < 1.29 is 18.3 Å². The van der Waals surface area contributed by atoms with E-state index in [1.807, 2.05) is 0 Å². The molecule has 0 radical (unpaired) electrons. The Hall–Kier alpha value is 0.0962. The molecule has 0 unspecified atom stereocenters. The summed E-state index contributed by atoms with van der Waals surface area (Å²) in [5.74, 6) is 0. The SMILES string of the molecule is CCO[C-]=O.F[CH-]F.[Mg+2]. The topological polar surface area (TPSA) is 26.3 Å². The minimum absolute atomic E-state index is 0. The van der Waals surface area contributed by atoms with Crippen molar-refractivity contribution in [3.63, 3.8) is 0 Å². The molecule has 0 saturated heterocycles. The van der Waals surface area contributed by atoms with Crippen LogP contribution in [-0.2, 0) is 9.53 Å². The standard InChI is InChI=1S/C3H5O2.CHF2.Mg/c1-2-5-3-4;2-1-3;/h2H2,1H3;1H;/q2*-1;+2. The van der Waals surface area contributed by atoms with Crippen LogP contribution in [0.4, 0.5) is 8.78 Å². The Bertz CT molecular complexity index is 45.5. The molecule has 5 heteroatoms. The molecule has 0 aliphatic heterocycles. The largest absolute Gasteiger partial charge is 2.00 e. The fourth-order valence-corrected chi connectivity index (χ4v) is 0.0589. The molecule has 0 saturated carbocycles. The summed E-state index contributed by atoms with van der Waals surface area (Å²) in [5.41, 5.74) is 0. The van der Waals surface area contributed by atoms with Crippen LogP contribution >= 0.6 is 0 Å². The van der Waals surface area contributed by atoms with E-state index in [1.165, 1.54) is 6.47 Å². The molecule has 0 atom stereocenters. The first-order valence-electron chi connectivity index (χ1n) is 1.84. The number of halogens is 2. The molecule has 9 heavy (non-hydrogen) atoms. The molecule has 0 heterocycles. The predicted molar refractivity (Wildman–Crippen MR) is 29.6 cm³/mol. The van der Waals surface area contributed by atoms with Crippen molar-refractivity contribution >= 4 is 29.5 Å². The molecule has 50 valence electrons. The van der Waals surface area contributed by atoms with Crippen molar-refractivity contribution in [3.8, 4) is 0 Å². The molecule has 0 bridgehead atoms. The van der Waals surface area contributed by atoms with Crippen LogP contribution in [0.1, 0.15) is 6.92 Å². The van der Waals surface area contributed by atoms with Gasteiger partial charge in [-0.3, -0.25) is 0 Å².